The number of hydrogen-bond donors (Lipinski definition) is 0. The van der Waals surface area contributed by atoms with E-state index in [1.165, 1.54) is 12.8 Å². The normalized spacial score (nSPS) is 59.4. The van der Waals surface area contributed by atoms with Crippen LogP contribution >= 0.6 is 7.92 Å². The van der Waals surface area contributed by atoms with E-state index >= 15 is 0 Å². The second-order valence-electron chi connectivity index (χ2n) is 6.13. The van der Waals surface area contributed by atoms with Gasteiger partial charge in [-0.25, -0.2) is 0 Å². The Kier molecular flexibility index (Phi) is 1.28. The summed E-state index contributed by atoms with van der Waals surface area (Å²) in [6.07, 6.45) is 4.61. The Labute approximate surface area is 87.9 Å². The first-order chi connectivity index (χ1) is 6.65. The van der Waals surface area contributed by atoms with Crippen LogP contribution < -0.4 is 0 Å². The SMILES string of the molecule is CC1=C2C[C@]23C[C@H]3C1P1[C@@H](C)C[C@@H]1C. The van der Waals surface area contributed by atoms with Crippen LogP contribution in [0.15, 0.2) is 11.1 Å². The van der Waals surface area contributed by atoms with Gasteiger partial charge in [-0.2, -0.15) is 0 Å². The fraction of sp³-hybridized carbons (Fsp3) is 0.846. The van der Waals surface area contributed by atoms with Gasteiger partial charge in [0.25, 0.3) is 0 Å². The second-order valence-corrected chi connectivity index (χ2v) is 9.34. The smallest absolute Gasteiger partial charge is 0.00426 e. The molecule has 1 heteroatoms. The molecule has 1 unspecified atom stereocenters. The third-order valence-electron chi connectivity index (χ3n) is 5.42. The summed E-state index contributed by atoms with van der Waals surface area (Å²) in [5.74, 6) is 1.15. The summed E-state index contributed by atoms with van der Waals surface area (Å²) in [7, 11) is 0.382. The van der Waals surface area contributed by atoms with E-state index in [-0.39, 0.29) is 0 Å². The molecule has 0 radical (unpaired) electrons. The van der Waals surface area contributed by atoms with Crippen LogP contribution in [-0.2, 0) is 0 Å². The van der Waals surface area contributed by atoms with E-state index in [1.807, 2.05) is 11.1 Å². The van der Waals surface area contributed by atoms with Gasteiger partial charge in [0.05, 0.1) is 0 Å². The Morgan fingerprint density at radius 1 is 1.29 bits per heavy atom. The molecule has 0 bridgehead atoms. The van der Waals surface area contributed by atoms with Gasteiger partial charge < -0.3 is 0 Å². The Hall–Kier alpha value is 0.170. The maximum atomic E-state index is 2.50. The van der Waals surface area contributed by atoms with Crippen LogP contribution in [0.5, 0.6) is 0 Å². The Morgan fingerprint density at radius 3 is 2.50 bits per heavy atom. The quantitative estimate of drug-likeness (QED) is 0.452. The standard InChI is InChI=1S/C13H19P/c1-7-4-8(2)14(7)12-9(3)10-5-13(10)6-11(12)13/h7-8,11-12H,4-6H2,1-3H3/t7-,8-,11-,12?,13-/m0/s1. The van der Waals surface area contributed by atoms with Crippen molar-refractivity contribution in [3.8, 4) is 0 Å². The topological polar surface area (TPSA) is 0 Å². The molecular weight excluding hydrogens is 187 g/mol. The summed E-state index contributed by atoms with van der Waals surface area (Å²) in [6, 6.07) is 0. The maximum Gasteiger partial charge on any atom is 0.00426 e. The fourth-order valence-electron chi connectivity index (χ4n) is 4.59. The lowest BCUT2D eigenvalue weighted by atomic mass is 10.1. The van der Waals surface area contributed by atoms with Crippen molar-refractivity contribution < 1.29 is 0 Å². The third-order valence-corrected chi connectivity index (χ3v) is 9.27. The number of rotatable bonds is 1. The molecule has 3 fully saturated rings. The summed E-state index contributed by atoms with van der Waals surface area (Å²) in [4.78, 5) is 0. The molecule has 0 aromatic heterocycles. The summed E-state index contributed by atoms with van der Waals surface area (Å²) >= 11 is 0. The van der Waals surface area contributed by atoms with Crippen molar-refractivity contribution >= 4 is 7.92 Å². The molecule has 0 aromatic carbocycles. The molecule has 0 amide bonds. The summed E-state index contributed by atoms with van der Waals surface area (Å²) < 4.78 is 0. The van der Waals surface area contributed by atoms with E-state index < -0.39 is 0 Å². The van der Waals surface area contributed by atoms with Crippen LogP contribution in [0.25, 0.3) is 0 Å². The maximum absolute atomic E-state index is 2.50. The van der Waals surface area contributed by atoms with E-state index in [9.17, 15) is 0 Å². The van der Waals surface area contributed by atoms with Gasteiger partial charge in [0.15, 0.2) is 0 Å². The van der Waals surface area contributed by atoms with Crippen LogP contribution in [0, 0.1) is 11.3 Å². The minimum atomic E-state index is 0.382. The zero-order valence-electron chi connectivity index (χ0n) is 9.38. The lowest BCUT2D eigenvalue weighted by molar-refractivity contribution is 0.660. The molecule has 1 aliphatic heterocycles. The molecule has 4 rings (SSSR count). The molecular formula is C13H19P. The van der Waals surface area contributed by atoms with E-state index in [2.05, 4.69) is 20.8 Å². The number of allylic oxidation sites excluding steroid dienone is 2. The van der Waals surface area contributed by atoms with Crippen molar-refractivity contribution in [1.82, 2.24) is 0 Å². The largest absolute Gasteiger partial charge is 0.0932 e. The van der Waals surface area contributed by atoms with Gasteiger partial charge in [0.2, 0.25) is 0 Å². The summed E-state index contributed by atoms with van der Waals surface area (Å²) in [6.45, 7) is 7.46. The van der Waals surface area contributed by atoms with Crippen molar-refractivity contribution in [3.63, 3.8) is 0 Å². The average molecular weight is 206 g/mol. The van der Waals surface area contributed by atoms with Crippen LogP contribution in [0.1, 0.15) is 40.0 Å². The average Bonchev–Trinajstić information content (AvgIpc) is 2.99. The van der Waals surface area contributed by atoms with Crippen LogP contribution in [0.3, 0.4) is 0 Å². The molecule has 0 N–H and O–H groups in total. The van der Waals surface area contributed by atoms with Crippen molar-refractivity contribution in [1.29, 1.82) is 0 Å². The van der Waals surface area contributed by atoms with Crippen LogP contribution in [0.2, 0.25) is 0 Å². The van der Waals surface area contributed by atoms with Crippen molar-refractivity contribution in [2.75, 3.05) is 0 Å². The lowest BCUT2D eigenvalue weighted by Crippen LogP contribution is -2.32. The van der Waals surface area contributed by atoms with E-state index in [4.69, 9.17) is 0 Å². The zero-order chi connectivity index (χ0) is 9.66. The predicted molar refractivity (Wildman–Crippen MR) is 62.1 cm³/mol. The van der Waals surface area contributed by atoms with Gasteiger partial charge in [-0.05, 0) is 48.8 Å². The Morgan fingerprint density at radius 2 is 2.00 bits per heavy atom. The minimum Gasteiger partial charge on any atom is -0.0932 e. The monoisotopic (exact) mass is 206 g/mol. The fourth-order valence-corrected chi connectivity index (χ4v) is 8.70. The first kappa shape index (κ1) is 8.34. The van der Waals surface area contributed by atoms with E-state index in [1.54, 1.807) is 6.42 Å². The molecule has 1 saturated heterocycles. The first-order valence-electron chi connectivity index (χ1n) is 6.13. The minimum absolute atomic E-state index is 0.382. The van der Waals surface area contributed by atoms with Gasteiger partial charge in [0, 0.05) is 5.66 Å². The van der Waals surface area contributed by atoms with Gasteiger partial charge in [-0.1, -0.05) is 32.9 Å². The van der Waals surface area contributed by atoms with Gasteiger partial charge >= 0.3 is 0 Å². The molecule has 14 heavy (non-hydrogen) atoms. The Bertz CT molecular complexity index is 348. The second kappa shape index (κ2) is 2.14. The van der Waals surface area contributed by atoms with E-state index in [0.29, 0.717) is 7.92 Å². The van der Waals surface area contributed by atoms with Gasteiger partial charge in [-0.3, -0.25) is 0 Å². The molecule has 0 aromatic rings. The molecule has 3 aliphatic carbocycles. The molecule has 76 valence electrons. The van der Waals surface area contributed by atoms with Crippen LogP contribution in [0.4, 0.5) is 0 Å². The number of hydrogen-bond acceptors (Lipinski definition) is 0. The third kappa shape index (κ3) is 0.712. The predicted octanol–water partition coefficient (Wildman–Crippen LogP) is 3.76. The Balaban J connectivity index is 1.68. The molecule has 0 nitrogen and oxygen atoms in total. The highest BCUT2D eigenvalue weighted by Crippen LogP contribution is 2.86. The molecule has 1 spiro atoms. The highest BCUT2D eigenvalue weighted by atomic mass is 31.1. The van der Waals surface area contributed by atoms with Crippen molar-refractivity contribution in [2.45, 2.75) is 57.0 Å². The highest BCUT2D eigenvalue weighted by Gasteiger charge is 2.75. The highest BCUT2D eigenvalue weighted by molar-refractivity contribution is 7.61. The molecule has 4 aliphatic rings. The first-order valence-corrected chi connectivity index (χ1v) is 7.67. The van der Waals surface area contributed by atoms with Gasteiger partial charge in [-0.15, -0.1) is 0 Å². The summed E-state index contributed by atoms with van der Waals surface area (Å²) in [5, 5.41) is 0. The zero-order valence-corrected chi connectivity index (χ0v) is 10.3. The van der Waals surface area contributed by atoms with E-state index in [0.717, 1.165) is 28.3 Å². The lowest BCUT2D eigenvalue weighted by Gasteiger charge is -2.47. The van der Waals surface area contributed by atoms with Crippen molar-refractivity contribution in [3.05, 3.63) is 11.1 Å². The summed E-state index contributed by atoms with van der Waals surface area (Å²) in [5.41, 5.74) is 7.89. The van der Waals surface area contributed by atoms with Crippen LogP contribution in [-0.4, -0.2) is 17.0 Å². The molecule has 1 heterocycles. The molecule has 5 atom stereocenters. The molecule has 2 saturated carbocycles. The van der Waals surface area contributed by atoms with Crippen molar-refractivity contribution in [2.24, 2.45) is 11.3 Å². The van der Waals surface area contributed by atoms with Gasteiger partial charge in [0.1, 0.15) is 0 Å².